The van der Waals surface area contributed by atoms with Crippen LogP contribution in [0.25, 0.3) is 0 Å². The molecule has 0 spiro atoms. The van der Waals surface area contributed by atoms with E-state index in [1.165, 1.54) is 0 Å². The van der Waals surface area contributed by atoms with Crippen LogP contribution in [0.1, 0.15) is 27.7 Å². The number of para-hydroxylation sites is 1. The van der Waals surface area contributed by atoms with Gasteiger partial charge in [0, 0.05) is 0 Å². The first-order valence-corrected chi connectivity index (χ1v) is 6.38. The molecule has 0 amide bonds. The van der Waals surface area contributed by atoms with Crippen molar-refractivity contribution in [2.45, 2.75) is 39.8 Å². The molecule has 18 heavy (non-hydrogen) atoms. The molecule has 1 atom stereocenters. The molecule has 0 bridgehead atoms. The average molecular weight is 252 g/mol. The molecule has 0 radical (unpaired) electrons. The summed E-state index contributed by atoms with van der Waals surface area (Å²) in [7, 11) is 0. The SMILES string of the molecule is CC(C)Oc1cccc(NC(CO)C(C)C)c1N. The largest absolute Gasteiger partial charge is 0.489 e. The van der Waals surface area contributed by atoms with Gasteiger partial charge < -0.3 is 20.9 Å². The van der Waals surface area contributed by atoms with Crippen LogP contribution in [0.15, 0.2) is 18.2 Å². The first-order chi connectivity index (χ1) is 8.45. The summed E-state index contributed by atoms with van der Waals surface area (Å²) in [6, 6.07) is 5.63. The zero-order chi connectivity index (χ0) is 13.7. The lowest BCUT2D eigenvalue weighted by Crippen LogP contribution is -2.29. The number of anilines is 2. The van der Waals surface area contributed by atoms with Crippen molar-refractivity contribution in [1.82, 2.24) is 0 Å². The fourth-order valence-corrected chi connectivity index (χ4v) is 1.65. The number of hydrogen-bond donors (Lipinski definition) is 3. The van der Waals surface area contributed by atoms with Crippen molar-refractivity contribution < 1.29 is 9.84 Å². The number of aliphatic hydroxyl groups excluding tert-OH is 1. The van der Waals surface area contributed by atoms with Crippen LogP contribution in [0.2, 0.25) is 0 Å². The molecule has 4 nitrogen and oxygen atoms in total. The number of ether oxygens (including phenoxy) is 1. The zero-order valence-electron chi connectivity index (χ0n) is 11.6. The van der Waals surface area contributed by atoms with Crippen LogP contribution in [0.3, 0.4) is 0 Å². The number of aliphatic hydroxyl groups is 1. The number of hydrogen-bond acceptors (Lipinski definition) is 4. The lowest BCUT2D eigenvalue weighted by Gasteiger charge is -2.23. The third-order valence-corrected chi connectivity index (χ3v) is 2.77. The minimum Gasteiger partial charge on any atom is -0.489 e. The van der Waals surface area contributed by atoms with Gasteiger partial charge in [-0.1, -0.05) is 19.9 Å². The van der Waals surface area contributed by atoms with Crippen molar-refractivity contribution in [2.75, 3.05) is 17.7 Å². The Morgan fingerprint density at radius 2 is 1.94 bits per heavy atom. The molecule has 0 aliphatic heterocycles. The highest BCUT2D eigenvalue weighted by Gasteiger charge is 2.14. The van der Waals surface area contributed by atoms with Crippen molar-refractivity contribution in [2.24, 2.45) is 5.92 Å². The highest BCUT2D eigenvalue weighted by molar-refractivity contribution is 5.73. The molecule has 0 saturated carbocycles. The molecule has 0 fully saturated rings. The second-order valence-electron chi connectivity index (χ2n) is 5.06. The van der Waals surface area contributed by atoms with E-state index in [0.29, 0.717) is 17.4 Å². The van der Waals surface area contributed by atoms with Crippen LogP contribution in [0.5, 0.6) is 5.75 Å². The zero-order valence-corrected chi connectivity index (χ0v) is 11.6. The number of rotatable bonds is 6. The number of nitrogens with one attached hydrogen (secondary N) is 1. The Morgan fingerprint density at radius 1 is 1.28 bits per heavy atom. The first-order valence-electron chi connectivity index (χ1n) is 6.38. The maximum Gasteiger partial charge on any atom is 0.144 e. The highest BCUT2D eigenvalue weighted by Crippen LogP contribution is 2.31. The van der Waals surface area contributed by atoms with E-state index in [1.807, 2.05) is 32.0 Å². The molecule has 0 heterocycles. The Bertz CT molecular complexity index is 378. The molecule has 102 valence electrons. The maximum atomic E-state index is 9.33. The van der Waals surface area contributed by atoms with Gasteiger partial charge >= 0.3 is 0 Å². The standard InChI is InChI=1S/C14H24N2O2/c1-9(2)12(8-17)16-11-6-5-7-13(14(11)15)18-10(3)4/h5-7,9-10,12,16-17H,8,15H2,1-4H3. The molecule has 1 aromatic rings. The smallest absolute Gasteiger partial charge is 0.144 e. The first kappa shape index (κ1) is 14.6. The minimum atomic E-state index is -0.0124. The Morgan fingerprint density at radius 3 is 2.44 bits per heavy atom. The Labute approximate surface area is 109 Å². The van der Waals surface area contributed by atoms with Crippen LogP contribution < -0.4 is 15.8 Å². The fraction of sp³-hybridized carbons (Fsp3) is 0.571. The van der Waals surface area contributed by atoms with Crippen LogP contribution in [0.4, 0.5) is 11.4 Å². The van der Waals surface area contributed by atoms with E-state index < -0.39 is 0 Å². The molecule has 0 aromatic heterocycles. The molecule has 1 aromatic carbocycles. The van der Waals surface area contributed by atoms with Crippen LogP contribution in [0, 0.1) is 5.92 Å². The highest BCUT2D eigenvalue weighted by atomic mass is 16.5. The molecule has 0 aliphatic carbocycles. The van der Waals surface area contributed by atoms with E-state index in [2.05, 4.69) is 19.2 Å². The second kappa shape index (κ2) is 6.50. The van der Waals surface area contributed by atoms with Gasteiger partial charge in [0.2, 0.25) is 0 Å². The summed E-state index contributed by atoms with van der Waals surface area (Å²) in [5.74, 6) is 1.000. The van der Waals surface area contributed by atoms with Gasteiger partial charge in [0.25, 0.3) is 0 Å². The molecule has 0 saturated heterocycles. The molecule has 0 aliphatic rings. The van der Waals surface area contributed by atoms with Gasteiger partial charge in [0.05, 0.1) is 30.1 Å². The van der Waals surface area contributed by atoms with Crippen molar-refractivity contribution in [3.63, 3.8) is 0 Å². The van der Waals surface area contributed by atoms with E-state index in [-0.39, 0.29) is 18.8 Å². The lowest BCUT2D eigenvalue weighted by atomic mass is 10.0. The van der Waals surface area contributed by atoms with Gasteiger partial charge in [0.1, 0.15) is 5.75 Å². The van der Waals surface area contributed by atoms with Gasteiger partial charge in [-0.25, -0.2) is 0 Å². The van der Waals surface area contributed by atoms with Gasteiger partial charge in [-0.15, -0.1) is 0 Å². The number of benzene rings is 1. The quantitative estimate of drug-likeness (QED) is 0.680. The van der Waals surface area contributed by atoms with Crippen LogP contribution >= 0.6 is 0 Å². The van der Waals surface area contributed by atoms with E-state index in [0.717, 1.165) is 5.69 Å². The molecule has 4 heteroatoms. The van der Waals surface area contributed by atoms with E-state index in [1.54, 1.807) is 0 Å². The molecular weight excluding hydrogens is 228 g/mol. The normalized spacial score (nSPS) is 12.8. The summed E-state index contributed by atoms with van der Waals surface area (Å²) in [6.45, 7) is 8.11. The maximum absolute atomic E-state index is 9.33. The summed E-state index contributed by atoms with van der Waals surface area (Å²) in [4.78, 5) is 0. The van der Waals surface area contributed by atoms with E-state index in [4.69, 9.17) is 10.5 Å². The van der Waals surface area contributed by atoms with Gasteiger partial charge in [-0.3, -0.25) is 0 Å². The van der Waals surface area contributed by atoms with Crippen molar-refractivity contribution >= 4 is 11.4 Å². The predicted octanol–water partition coefficient (Wildman–Crippen LogP) is 2.48. The summed E-state index contributed by atoms with van der Waals surface area (Å²) in [5.41, 5.74) is 7.46. The third-order valence-electron chi connectivity index (χ3n) is 2.77. The van der Waals surface area contributed by atoms with Crippen LogP contribution in [-0.2, 0) is 0 Å². The van der Waals surface area contributed by atoms with Gasteiger partial charge in [0.15, 0.2) is 0 Å². The average Bonchev–Trinajstić information content (AvgIpc) is 2.29. The van der Waals surface area contributed by atoms with E-state index >= 15 is 0 Å². The van der Waals surface area contributed by atoms with E-state index in [9.17, 15) is 5.11 Å². The Kier molecular flexibility index (Phi) is 5.28. The van der Waals surface area contributed by atoms with Gasteiger partial charge in [-0.05, 0) is 31.9 Å². The molecule has 4 N–H and O–H groups in total. The van der Waals surface area contributed by atoms with Crippen LogP contribution in [-0.4, -0.2) is 23.9 Å². The monoisotopic (exact) mass is 252 g/mol. The molecule has 1 rings (SSSR count). The van der Waals surface area contributed by atoms with Crippen molar-refractivity contribution in [3.8, 4) is 5.75 Å². The molecular formula is C14H24N2O2. The van der Waals surface area contributed by atoms with Crippen molar-refractivity contribution in [3.05, 3.63) is 18.2 Å². The summed E-state index contributed by atoms with van der Waals surface area (Å²) in [5, 5.41) is 12.6. The summed E-state index contributed by atoms with van der Waals surface area (Å²) >= 11 is 0. The predicted molar refractivity (Wildman–Crippen MR) is 76.0 cm³/mol. The third kappa shape index (κ3) is 3.81. The summed E-state index contributed by atoms with van der Waals surface area (Å²) < 4.78 is 5.63. The molecule has 1 unspecified atom stereocenters. The van der Waals surface area contributed by atoms with Gasteiger partial charge in [-0.2, -0.15) is 0 Å². The topological polar surface area (TPSA) is 67.5 Å². The number of nitrogen functional groups attached to an aromatic ring is 1. The second-order valence-corrected chi connectivity index (χ2v) is 5.06. The summed E-state index contributed by atoms with van der Waals surface area (Å²) in [6.07, 6.45) is 0.0845. The fourth-order valence-electron chi connectivity index (χ4n) is 1.65. The lowest BCUT2D eigenvalue weighted by molar-refractivity contribution is 0.243. The number of nitrogens with two attached hydrogens (primary N) is 1. The van der Waals surface area contributed by atoms with Crippen molar-refractivity contribution in [1.29, 1.82) is 0 Å². The Balaban J connectivity index is 2.89. The minimum absolute atomic E-state index is 0.0124. The Hall–Kier alpha value is -1.42.